The maximum absolute atomic E-state index is 13.3. The minimum Gasteiger partial charge on any atom is -0.440 e. The summed E-state index contributed by atoms with van der Waals surface area (Å²) in [5, 5.41) is 14.3. The Morgan fingerprint density at radius 1 is 1.48 bits per heavy atom. The van der Waals surface area contributed by atoms with Gasteiger partial charge in [0.2, 0.25) is 0 Å². The van der Waals surface area contributed by atoms with Crippen LogP contribution < -0.4 is 5.32 Å². The van der Waals surface area contributed by atoms with E-state index in [2.05, 4.69) is 10.3 Å². The molecule has 7 heteroatoms. The molecular formula is C14H14FN3O3. The minimum atomic E-state index is -0.564. The molecule has 0 saturated heterocycles. The predicted molar refractivity (Wildman–Crippen MR) is 73.3 cm³/mol. The van der Waals surface area contributed by atoms with E-state index in [1.54, 1.807) is 0 Å². The van der Waals surface area contributed by atoms with E-state index >= 15 is 0 Å². The van der Waals surface area contributed by atoms with E-state index in [0.717, 1.165) is 24.7 Å². The van der Waals surface area contributed by atoms with Crippen LogP contribution in [0.1, 0.15) is 18.7 Å². The summed E-state index contributed by atoms with van der Waals surface area (Å²) in [5.74, 6) is 0.142. The summed E-state index contributed by atoms with van der Waals surface area (Å²) in [6.07, 6.45) is 4.40. The number of nitro groups is 1. The van der Waals surface area contributed by atoms with Crippen molar-refractivity contribution in [1.29, 1.82) is 0 Å². The lowest BCUT2D eigenvalue weighted by Gasteiger charge is -2.00. The quantitative estimate of drug-likeness (QED) is 0.653. The molecule has 1 aliphatic rings. The standard InChI is InChI=1S/C14H14FN3O3/c15-9-1-4-12(18(19)20)11(7-9)13-8-17-14(21-13)5-6-16-10-2-3-10/h1,4,7-8,10,16H,2-3,5-6H2. The van der Waals surface area contributed by atoms with Gasteiger partial charge >= 0.3 is 0 Å². The third-order valence-electron chi connectivity index (χ3n) is 3.32. The summed E-state index contributed by atoms with van der Waals surface area (Å²) >= 11 is 0. The fourth-order valence-corrected chi connectivity index (χ4v) is 2.09. The first kappa shape index (κ1) is 13.7. The van der Waals surface area contributed by atoms with Crippen molar-refractivity contribution in [3.8, 4) is 11.3 Å². The van der Waals surface area contributed by atoms with Gasteiger partial charge < -0.3 is 9.73 Å². The Morgan fingerprint density at radius 2 is 2.29 bits per heavy atom. The van der Waals surface area contributed by atoms with E-state index in [1.807, 2.05) is 0 Å². The monoisotopic (exact) mass is 291 g/mol. The predicted octanol–water partition coefficient (Wildman–Crippen LogP) is 2.68. The molecule has 0 spiro atoms. The lowest BCUT2D eigenvalue weighted by molar-refractivity contribution is -0.384. The lowest BCUT2D eigenvalue weighted by atomic mass is 10.1. The molecule has 0 aliphatic heterocycles. The molecule has 1 fully saturated rings. The number of nitrogens with one attached hydrogen (secondary N) is 1. The Balaban J connectivity index is 1.78. The Labute approximate surface area is 120 Å². The number of aromatic nitrogens is 1. The number of hydrogen-bond donors (Lipinski definition) is 1. The maximum Gasteiger partial charge on any atom is 0.280 e. The van der Waals surface area contributed by atoms with Crippen molar-refractivity contribution in [1.82, 2.24) is 10.3 Å². The molecule has 0 unspecified atom stereocenters. The number of halogens is 1. The van der Waals surface area contributed by atoms with Crippen LogP contribution >= 0.6 is 0 Å². The fraction of sp³-hybridized carbons (Fsp3) is 0.357. The summed E-state index contributed by atoms with van der Waals surface area (Å²) in [4.78, 5) is 14.5. The van der Waals surface area contributed by atoms with E-state index in [1.165, 1.54) is 19.0 Å². The van der Waals surface area contributed by atoms with Gasteiger partial charge in [0, 0.05) is 25.1 Å². The smallest absolute Gasteiger partial charge is 0.280 e. The van der Waals surface area contributed by atoms with Gasteiger partial charge in [-0.2, -0.15) is 0 Å². The molecule has 0 atom stereocenters. The second-order valence-electron chi connectivity index (χ2n) is 5.02. The average Bonchev–Trinajstić information content (AvgIpc) is 3.14. The van der Waals surface area contributed by atoms with Crippen LogP contribution in [0.25, 0.3) is 11.3 Å². The Kier molecular flexibility index (Phi) is 3.66. The minimum absolute atomic E-state index is 0.105. The van der Waals surface area contributed by atoms with Gasteiger partial charge in [0.05, 0.1) is 16.7 Å². The molecule has 1 aromatic carbocycles. The molecule has 1 N–H and O–H groups in total. The number of oxazole rings is 1. The molecule has 21 heavy (non-hydrogen) atoms. The molecular weight excluding hydrogens is 277 g/mol. The highest BCUT2D eigenvalue weighted by Crippen LogP contribution is 2.31. The highest BCUT2D eigenvalue weighted by molar-refractivity contribution is 5.68. The van der Waals surface area contributed by atoms with E-state index in [4.69, 9.17) is 4.42 Å². The van der Waals surface area contributed by atoms with E-state index in [-0.39, 0.29) is 17.0 Å². The van der Waals surface area contributed by atoms with Gasteiger partial charge in [-0.3, -0.25) is 10.1 Å². The van der Waals surface area contributed by atoms with Crippen LogP contribution in [0.2, 0.25) is 0 Å². The summed E-state index contributed by atoms with van der Waals surface area (Å²) in [5.41, 5.74) is -0.0934. The second-order valence-corrected chi connectivity index (χ2v) is 5.02. The molecule has 0 radical (unpaired) electrons. The SMILES string of the molecule is O=[N+]([O-])c1ccc(F)cc1-c1cnc(CCNC2CC2)o1. The van der Waals surface area contributed by atoms with Gasteiger partial charge in [0.15, 0.2) is 11.7 Å². The first-order chi connectivity index (χ1) is 10.1. The fourth-order valence-electron chi connectivity index (χ4n) is 2.09. The van der Waals surface area contributed by atoms with Crippen molar-refractivity contribution < 1.29 is 13.7 Å². The second kappa shape index (κ2) is 5.61. The van der Waals surface area contributed by atoms with Crippen LogP contribution in [-0.4, -0.2) is 22.5 Å². The third-order valence-corrected chi connectivity index (χ3v) is 3.32. The van der Waals surface area contributed by atoms with E-state index in [0.29, 0.717) is 18.4 Å². The van der Waals surface area contributed by atoms with Crippen molar-refractivity contribution in [3.63, 3.8) is 0 Å². The zero-order valence-corrected chi connectivity index (χ0v) is 11.2. The van der Waals surface area contributed by atoms with Crippen molar-refractivity contribution in [3.05, 3.63) is 46.2 Å². The Bertz CT molecular complexity index is 667. The van der Waals surface area contributed by atoms with Crippen LogP contribution in [0.5, 0.6) is 0 Å². The van der Waals surface area contributed by atoms with Gasteiger partial charge in [0.25, 0.3) is 5.69 Å². The van der Waals surface area contributed by atoms with Crippen LogP contribution in [0.15, 0.2) is 28.8 Å². The number of nitrogens with zero attached hydrogens (tertiary/aromatic N) is 2. The number of nitro benzene ring substituents is 1. The van der Waals surface area contributed by atoms with Gasteiger partial charge in [0.1, 0.15) is 5.82 Å². The topological polar surface area (TPSA) is 81.2 Å². The average molecular weight is 291 g/mol. The molecule has 1 saturated carbocycles. The number of benzene rings is 1. The van der Waals surface area contributed by atoms with Crippen LogP contribution in [0.4, 0.5) is 10.1 Å². The largest absolute Gasteiger partial charge is 0.440 e. The zero-order valence-electron chi connectivity index (χ0n) is 11.2. The highest BCUT2D eigenvalue weighted by Gasteiger charge is 2.21. The molecule has 0 amide bonds. The first-order valence-corrected chi connectivity index (χ1v) is 6.76. The molecule has 1 aliphatic carbocycles. The van der Waals surface area contributed by atoms with Gasteiger partial charge in [-0.05, 0) is 25.0 Å². The highest BCUT2D eigenvalue weighted by atomic mass is 19.1. The zero-order chi connectivity index (χ0) is 14.8. The van der Waals surface area contributed by atoms with Crippen molar-refractivity contribution >= 4 is 5.69 Å². The molecule has 3 rings (SSSR count). The molecule has 0 bridgehead atoms. The lowest BCUT2D eigenvalue weighted by Crippen LogP contribution is -2.19. The molecule has 6 nitrogen and oxygen atoms in total. The molecule has 2 aromatic rings. The Hall–Kier alpha value is -2.28. The molecule has 1 heterocycles. The number of rotatable bonds is 6. The van der Waals surface area contributed by atoms with Crippen molar-refractivity contribution in [2.45, 2.75) is 25.3 Å². The van der Waals surface area contributed by atoms with Crippen LogP contribution in [0.3, 0.4) is 0 Å². The molecule has 1 aromatic heterocycles. The van der Waals surface area contributed by atoms with Crippen LogP contribution in [-0.2, 0) is 6.42 Å². The van der Waals surface area contributed by atoms with Crippen LogP contribution in [0, 0.1) is 15.9 Å². The first-order valence-electron chi connectivity index (χ1n) is 6.76. The summed E-state index contributed by atoms with van der Waals surface area (Å²) in [6.45, 7) is 0.746. The Morgan fingerprint density at radius 3 is 3.00 bits per heavy atom. The number of hydrogen-bond acceptors (Lipinski definition) is 5. The van der Waals surface area contributed by atoms with Gasteiger partial charge in [-0.15, -0.1) is 0 Å². The summed E-state index contributed by atoms with van der Waals surface area (Å²) < 4.78 is 18.8. The normalized spacial score (nSPS) is 14.3. The van der Waals surface area contributed by atoms with Crippen molar-refractivity contribution in [2.75, 3.05) is 6.54 Å². The summed E-state index contributed by atoms with van der Waals surface area (Å²) in [6, 6.07) is 3.87. The third kappa shape index (κ3) is 3.25. The van der Waals surface area contributed by atoms with Gasteiger partial charge in [-0.1, -0.05) is 0 Å². The summed E-state index contributed by atoms with van der Waals surface area (Å²) in [7, 11) is 0. The molecule has 110 valence electrons. The van der Waals surface area contributed by atoms with E-state index in [9.17, 15) is 14.5 Å². The van der Waals surface area contributed by atoms with Crippen molar-refractivity contribution in [2.24, 2.45) is 0 Å². The maximum atomic E-state index is 13.3. The van der Waals surface area contributed by atoms with Gasteiger partial charge in [-0.25, -0.2) is 9.37 Å². The van der Waals surface area contributed by atoms with E-state index < -0.39 is 10.7 Å².